The van der Waals surface area contributed by atoms with Gasteiger partial charge < -0.3 is 5.73 Å². The van der Waals surface area contributed by atoms with Gasteiger partial charge in [-0.25, -0.2) is 13.4 Å². The second-order valence-electron chi connectivity index (χ2n) is 4.52. The van der Waals surface area contributed by atoms with Crippen molar-refractivity contribution in [1.29, 1.82) is 0 Å². The molecule has 2 rings (SSSR count). The highest BCUT2D eigenvalue weighted by molar-refractivity contribution is 7.91. The molecule has 0 unspecified atom stereocenters. The first-order valence-electron chi connectivity index (χ1n) is 6.32. The van der Waals surface area contributed by atoms with Crippen LogP contribution in [0.4, 0.5) is 5.69 Å². The van der Waals surface area contributed by atoms with Gasteiger partial charge in [-0.2, -0.15) is 0 Å². The summed E-state index contributed by atoms with van der Waals surface area (Å²) in [6, 6.07) is 8.75. The van der Waals surface area contributed by atoms with Crippen LogP contribution in [0.2, 0.25) is 0 Å². The van der Waals surface area contributed by atoms with Gasteiger partial charge in [-0.15, -0.1) is 0 Å². The number of nitrogens with two attached hydrogens (primary N) is 1. The van der Waals surface area contributed by atoms with Gasteiger partial charge in [-0.1, -0.05) is 25.1 Å². The first kappa shape index (κ1) is 14.5. The quantitative estimate of drug-likeness (QED) is 0.849. The van der Waals surface area contributed by atoms with Crippen LogP contribution in [0.15, 0.2) is 30.3 Å². The predicted molar refractivity (Wildman–Crippen MR) is 79.4 cm³/mol. The number of benzene rings is 1. The van der Waals surface area contributed by atoms with Gasteiger partial charge in [0.25, 0.3) is 0 Å². The third-order valence-corrected chi connectivity index (χ3v) is 4.82. The zero-order chi connectivity index (χ0) is 14.8. The molecule has 0 fully saturated rings. The van der Waals surface area contributed by atoms with Gasteiger partial charge in [0.15, 0.2) is 5.78 Å². The Balaban J connectivity index is 2.27. The van der Waals surface area contributed by atoms with Crippen LogP contribution in [0, 0.1) is 0 Å². The number of ketones is 1. The number of fused-ring (bicyclic) bond motifs is 1. The summed E-state index contributed by atoms with van der Waals surface area (Å²) in [5.41, 5.74) is 7.21. The van der Waals surface area contributed by atoms with Gasteiger partial charge in [0, 0.05) is 23.2 Å². The van der Waals surface area contributed by atoms with E-state index in [1.54, 1.807) is 13.0 Å². The summed E-state index contributed by atoms with van der Waals surface area (Å²) in [6.07, 6.45) is -0.0685. The number of Topliss-reactive ketones (excluding diaryl/α,β-unsaturated/α-hetero) is 1. The van der Waals surface area contributed by atoms with Crippen molar-refractivity contribution in [1.82, 2.24) is 4.98 Å². The average molecular weight is 292 g/mol. The fraction of sp³-hybridized carbons (Fsp3) is 0.286. The summed E-state index contributed by atoms with van der Waals surface area (Å²) < 4.78 is 22.8. The number of carbonyl (C=O) groups is 1. The van der Waals surface area contributed by atoms with Crippen LogP contribution in [0.5, 0.6) is 0 Å². The number of sulfone groups is 1. The smallest absolute Gasteiger partial charge is 0.182 e. The molecule has 1 heterocycles. The summed E-state index contributed by atoms with van der Waals surface area (Å²) in [7, 11) is -3.16. The Bertz CT molecular complexity index is 754. The molecular weight excluding hydrogens is 276 g/mol. The van der Waals surface area contributed by atoms with Crippen molar-refractivity contribution >= 4 is 32.2 Å². The molecule has 106 valence electrons. The molecule has 1 aromatic heterocycles. The Morgan fingerprint density at radius 2 is 2.00 bits per heavy atom. The summed E-state index contributed by atoms with van der Waals surface area (Å²) in [5.74, 6) is -0.427. The van der Waals surface area contributed by atoms with Gasteiger partial charge >= 0.3 is 0 Å². The van der Waals surface area contributed by atoms with Crippen LogP contribution in [0.25, 0.3) is 10.9 Å². The molecule has 1 aromatic carbocycles. The first-order chi connectivity index (χ1) is 9.43. The third kappa shape index (κ3) is 3.14. The normalized spacial score (nSPS) is 11.7. The minimum absolute atomic E-state index is 0.0353. The van der Waals surface area contributed by atoms with Crippen molar-refractivity contribution in [3.8, 4) is 0 Å². The lowest BCUT2D eigenvalue weighted by Crippen LogP contribution is -2.14. The van der Waals surface area contributed by atoms with E-state index < -0.39 is 9.84 Å². The van der Waals surface area contributed by atoms with Gasteiger partial charge in [-0.3, -0.25) is 4.79 Å². The fourth-order valence-electron chi connectivity index (χ4n) is 1.87. The Kier molecular flexibility index (Phi) is 4.04. The molecule has 0 aliphatic rings. The molecule has 5 nitrogen and oxygen atoms in total. The number of hydrogen-bond acceptors (Lipinski definition) is 5. The van der Waals surface area contributed by atoms with E-state index in [9.17, 15) is 13.2 Å². The Morgan fingerprint density at radius 1 is 1.30 bits per heavy atom. The van der Waals surface area contributed by atoms with Crippen LogP contribution < -0.4 is 5.73 Å². The number of hydrogen-bond donors (Lipinski definition) is 1. The number of nitrogen functional groups attached to an aromatic ring is 1. The molecule has 0 saturated heterocycles. The molecule has 0 amide bonds. The van der Waals surface area contributed by atoms with Crippen LogP contribution in [-0.2, 0) is 9.84 Å². The number of pyridine rings is 1. The summed E-state index contributed by atoms with van der Waals surface area (Å²) in [6.45, 7) is 1.56. The zero-order valence-electron chi connectivity index (χ0n) is 11.2. The van der Waals surface area contributed by atoms with E-state index in [0.717, 1.165) is 5.39 Å². The minimum atomic E-state index is -3.16. The van der Waals surface area contributed by atoms with E-state index in [4.69, 9.17) is 5.73 Å². The maximum atomic E-state index is 12.0. The molecule has 0 radical (unpaired) electrons. The molecular formula is C14H16N2O3S. The fourth-order valence-corrected chi connectivity index (χ4v) is 2.65. The summed E-state index contributed by atoms with van der Waals surface area (Å²) in [5, 5.41) is 0.783. The Morgan fingerprint density at radius 3 is 2.70 bits per heavy atom. The van der Waals surface area contributed by atoms with Crippen molar-refractivity contribution in [2.24, 2.45) is 0 Å². The predicted octanol–water partition coefficient (Wildman–Crippen LogP) is 1.82. The van der Waals surface area contributed by atoms with E-state index in [-0.39, 0.29) is 29.4 Å². The van der Waals surface area contributed by atoms with E-state index in [0.29, 0.717) is 11.2 Å². The SMILES string of the molecule is CCS(=O)(=O)CCC(=O)c1cc(N)c2ccccc2n1. The molecule has 2 aromatic rings. The lowest BCUT2D eigenvalue weighted by molar-refractivity contribution is 0.0984. The van der Waals surface area contributed by atoms with E-state index in [1.165, 1.54) is 6.07 Å². The molecule has 0 bridgehead atoms. The van der Waals surface area contributed by atoms with Crippen molar-refractivity contribution < 1.29 is 13.2 Å². The van der Waals surface area contributed by atoms with E-state index >= 15 is 0 Å². The molecule has 2 N–H and O–H groups in total. The average Bonchev–Trinajstić information content (AvgIpc) is 2.45. The second kappa shape index (κ2) is 5.58. The van der Waals surface area contributed by atoms with Crippen LogP contribution >= 0.6 is 0 Å². The highest BCUT2D eigenvalue weighted by Crippen LogP contribution is 2.20. The van der Waals surface area contributed by atoms with Crippen LogP contribution in [0.1, 0.15) is 23.8 Å². The number of para-hydroxylation sites is 1. The minimum Gasteiger partial charge on any atom is -0.398 e. The molecule has 6 heteroatoms. The third-order valence-electron chi connectivity index (χ3n) is 3.11. The monoisotopic (exact) mass is 292 g/mol. The van der Waals surface area contributed by atoms with Crippen molar-refractivity contribution in [2.75, 3.05) is 17.2 Å². The highest BCUT2D eigenvalue weighted by atomic mass is 32.2. The largest absolute Gasteiger partial charge is 0.398 e. The van der Waals surface area contributed by atoms with Gasteiger partial charge in [0.1, 0.15) is 15.5 Å². The number of aromatic nitrogens is 1. The molecule has 0 saturated carbocycles. The zero-order valence-corrected chi connectivity index (χ0v) is 12.0. The molecule has 0 atom stereocenters. The molecule has 0 aliphatic carbocycles. The number of carbonyl (C=O) groups excluding carboxylic acids is 1. The van der Waals surface area contributed by atoms with Gasteiger partial charge in [0.2, 0.25) is 0 Å². The van der Waals surface area contributed by atoms with Crippen molar-refractivity contribution in [2.45, 2.75) is 13.3 Å². The maximum absolute atomic E-state index is 12.0. The van der Waals surface area contributed by atoms with Crippen LogP contribution in [-0.4, -0.2) is 30.7 Å². The van der Waals surface area contributed by atoms with E-state index in [1.807, 2.05) is 18.2 Å². The standard InChI is InChI=1S/C14H16N2O3S/c1-2-20(18,19)8-7-14(17)13-9-11(15)10-5-3-4-6-12(10)16-13/h3-6,9H,2,7-8H2,1H3,(H2,15,16). The molecule has 0 spiro atoms. The van der Waals surface area contributed by atoms with E-state index in [2.05, 4.69) is 4.98 Å². The number of rotatable bonds is 5. The lowest BCUT2D eigenvalue weighted by Gasteiger charge is -2.05. The topological polar surface area (TPSA) is 90.1 Å². The summed E-state index contributed by atoms with van der Waals surface area (Å²) >= 11 is 0. The number of nitrogens with zero attached hydrogens (tertiary/aromatic N) is 1. The molecule has 0 aliphatic heterocycles. The van der Waals surface area contributed by atoms with Gasteiger partial charge in [-0.05, 0) is 12.1 Å². The lowest BCUT2D eigenvalue weighted by atomic mass is 10.1. The highest BCUT2D eigenvalue weighted by Gasteiger charge is 2.15. The van der Waals surface area contributed by atoms with Gasteiger partial charge in [0.05, 0.1) is 11.3 Å². The van der Waals surface area contributed by atoms with Crippen molar-refractivity contribution in [3.05, 3.63) is 36.0 Å². The maximum Gasteiger partial charge on any atom is 0.182 e. The van der Waals surface area contributed by atoms with Crippen LogP contribution in [0.3, 0.4) is 0 Å². The Hall–Kier alpha value is -1.95. The summed E-state index contributed by atoms with van der Waals surface area (Å²) in [4.78, 5) is 16.3. The number of anilines is 1. The Labute approximate surface area is 117 Å². The second-order valence-corrected chi connectivity index (χ2v) is 7.00. The van der Waals surface area contributed by atoms with Crippen molar-refractivity contribution in [3.63, 3.8) is 0 Å². The first-order valence-corrected chi connectivity index (χ1v) is 8.14. The molecule has 20 heavy (non-hydrogen) atoms.